The number of aromatic nitrogens is 1. The number of nitrogens with one attached hydrogen (secondary N) is 1. The number of hydrazine groups is 1. The Morgan fingerprint density at radius 2 is 1.88 bits per heavy atom. The van der Waals surface area contributed by atoms with Crippen molar-refractivity contribution < 1.29 is 0 Å². The average Bonchev–Trinajstić information content (AvgIpc) is 3.30. The van der Waals surface area contributed by atoms with E-state index in [1.807, 2.05) is 0 Å². The van der Waals surface area contributed by atoms with Crippen molar-refractivity contribution >= 4 is 16.6 Å². The molecule has 0 amide bonds. The third-order valence-corrected chi connectivity index (χ3v) is 5.72. The van der Waals surface area contributed by atoms with E-state index in [9.17, 15) is 0 Å². The van der Waals surface area contributed by atoms with Gasteiger partial charge in [0.1, 0.15) is 0 Å². The van der Waals surface area contributed by atoms with Gasteiger partial charge >= 0.3 is 0 Å². The zero-order chi connectivity index (χ0) is 16.1. The molecule has 2 atom stereocenters. The zero-order valence-corrected chi connectivity index (χ0v) is 14.1. The van der Waals surface area contributed by atoms with E-state index in [1.165, 1.54) is 40.6 Å². The van der Waals surface area contributed by atoms with Gasteiger partial charge in [-0.1, -0.05) is 36.4 Å². The Labute approximate surface area is 142 Å². The van der Waals surface area contributed by atoms with Crippen LogP contribution in [-0.2, 0) is 6.42 Å². The molecular weight excluding hydrogens is 294 g/mol. The Bertz CT molecular complexity index is 881. The van der Waals surface area contributed by atoms with Crippen LogP contribution in [-0.4, -0.2) is 22.6 Å². The van der Waals surface area contributed by atoms with Crippen molar-refractivity contribution in [1.29, 1.82) is 0 Å². The largest absolute Gasteiger partial charge is 0.361 e. The van der Waals surface area contributed by atoms with Crippen LogP contribution in [0.1, 0.15) is 36.9 Å². The number of benzene rings is 2. The highest BCUT2D eigenvalue weighted by Crippen LogP contribution is 2.44. The van der Waals surface area contributed by atoms with E-state index in [1.54, 1.807) is 0 Å². The van der Waals surface area contributed by atoms with E-state index in [-0.39, 0.29) is 0 Å². The first-order valence-corrected chi connectivity index (χ1v) is 9.02. The monoisotopic (exact) mass is 317 g/mol. The maximum Gasteiger partial charge on any atom is 0.0768 e. The topological polar surface area (TPSA) is 22.3 Å². The van der Waals surface area contributed by atoms with Gasteiger partial charge in [0.15, 0.2) is 0 Å². The first-order chi connectivity index (χ1) is 11.8. The Kier molecular flexibility index (Phi) is 3.17. The van der Waals surface area contributed by atoms with Gasteiger partial charge in [0.2, 0.25) is 0 Å². The van der Waals surface area contributed by atoms with Gasteiger partial charge in [-0.15, -0.1) is 0 Å². The Hall–Kier alpha value is -2.26. The molecule has 122 valence electrons. The Morgan fingerprint density at radius 3 is 2.75 bits per heavy atom. The number of anilines is 1. The van der Waals surface area contributed by atoms with Crippen molar-refractivity contribution in [3.8, 4) is 0 Å². The molecular formula is C21H23N3. The van der Waals surface area contributed by atoms with Crippen LogP contribution in [0.3, 0.4) is 0 Å². The number of hydrogen-bond acceptors (Lipinski definition) is 2. The summed E-state index contributed by atoms with van der Waals surface area (Å²) in [7, 11) is 0. The number of H-pyrrole nitrogens is 1. The molecule has 5 rings (SSSR count). The fourth-order valence-corrected chi connectivity index (χ4v) is 4.54. The molecule has 3 heterocycles. The van der Waals surface area contributed by atoms with Crippen molar-refractivity contribution in [3.63, 3.8) is 0 Å². The molecule has 1 saturated heterocycles. The van der Waals surface area contributed by atoms with Crippen LogP contribution in [0.25, 0.3) is 10.9 Å². The van der Waals surface area contributed by atoms with Gasteiger partial charge in [0.25, 0.3) is 0 Å². The minimum absolute atomic E-state index is 0.388. The molecule has 2 aliphatic heterocycles. The highest BCUT2D eigenvalue weighted by atomic mass is 15.7. The van der Waals surface area contributed by atoms with Crippen molar-refractivity contribution in [2.75, 3.05) is 11.6 Å². The summed E-state index contributed by atoms with van der Waals surface area (Å²) in [6, 6.07) is 18.6. The minimum Gasteiger partial charge on any atom is -0.361 e. The summed E-state index contributed by atoms with van der Waals surface area (Å²) >= 11 is 0. The lowest BCUT2D eigenvalue weighted by molar-refractivity contribution is 0.224. The van der Waals surface area contributed by atoms with Crippen molar-refractivity contribution in [1.82, 2.24) is 9.99 Å². The molecule has 2 unspecified atom stereocenters. The van der Waals surface area contributed by atoms with E-state index in [0.717, 1.165) is 13.0 Å². The summed E-state index contributed by atoms with van der Waals surface area (Å²) in [4.78, 5) is 3.47. The summed E-state index contributed by atoms with van der Waals surface area (Å²) in [6.45, 7) is 3.52. The first-order valence-electron chi connectivity index (χ1n) is 9.02. The molecule has 1 fully saturated rings. The second kappa shape index (κ2) is 5.38. The van der Waals surface area contributed by atoms with Crippen LogP contribution in [0, 0.1) is 0 Å². The second-order valence-corrected chi connectivity index (χ2v) is 7.14. The normalized spacial score (nSPS) is 24.0. The van der Waals surface area contributed by atoms with Gasteiger partial charge in [-0.25, -0.2) is 5.01 Å². The number of fused-ring (bicyclic) bond motifs is 2. The molecule has 0 saturated carbocycles. The van der Waals surface area contributed by atoms with Gasteiger partial charge < -0.3 is 4.98 Å². The third kappa shape index (κ3) is 2.01. The molecule has 1 aromatic heterocycles. The highest BCUT2D eigenvalue weighted by Gasteiger charge is 2.38. The summed E-state index contributed by atoms with van der Waals surface area (Å²) in [6.07, 6.45) is 5.88. The van der Waals surface area contributed by atoms with Gasteiger partial charge in [-0.05, 0) is 37.5 Å². The van der Waals surface area contributed by atoms with Crippen molar-refractivity contribution in [2.45, 2.75) is 38.3 Å². The van der Waals surface area contributed by atoms with Gasteiger partial charge in [0.05, 0.1) is 11.7 Å². The molecule has 0 aliphatic carbocycles. The van der Waals surface area contributed by atoms with Gasteiger partial charge in [0, 0.05) is 41.7 Å². The van der Waals surface area contributed by atoms with E-state index in [2.05, 4.69) is 76.7 Å². The number of aromatic amines is 1. The molecule has 3 aromatic rings. The predicted octanol–water partition coefficient (Wildman–Crippen LogP) is 4.67. The highest BCUT2D eigenvalue weighted by molar-refractivity contribution is 5.84. The summed E-state index contributed by atoms with van der Waals surface area (Å²) in [5.74, 6) is 0. The third-order valence-electron chi connectivity index (χ3n) is 5.72. The maximum atomic E-state index is 3.47. The SMILES string of the molecule is CC1CCCN1N1c2ccccc2CC1c1c[nH]c2ccccc12. The molecule has 2 aliphatic rings. The second-order valence-electron chi connectivity index (χ2n) is 7.14. The van der Waals surface area contributed by atoms with E-state index < -0.39 is 0 Å². The molecule has 0 bridgehead atoms. The van der Waals surface area contributed by atoms with Crippen LogP contribution in [0.15, 0.2) is 54.7 Å². The van der Waals surface area contributed by atoms with Crippen LogP contribution in [0.4, 0.5) is 5.69 Å². The van der Waals surface area contributed by atoms with Crippen molar-refractivity contribution in [3.05, 3.63) is 65.9 Å². The first kappa shape index (κ1) is 14.1. The molecule has 3 nitrogen and oxygen atoms in total. The number of hydrogen-bond donors (Lipinski definition) is 1. The number of para-hydroxylation sites is 2. The van der Waals surface area contributed by atoms with Crippen LogP contribution >= 0.6 is 0 Å². The maximum absolute atomic E-state index is 3.47. The molecule has 0 spiro atoms. The fourth-order valence-electron chi connectivity index (χ4n) is 4.54. The molecule has 2 aromatic carbocycles. The molecule has 1 N–H and O–H groups in total. The minimum atomic E-state index is 0.388. The lowest BCUT2D eigenvalue weighted by Gasteiger charge is -2.38. The predicted molar refractivity (Wildman–Crippen MR) is 99.1 cm³/mol. The summed E-state index contributed by atoms with van der Waals surface area (Å²) < 4.78 is 0. The van der Waals surface area contributed by atoms with E-state index in [4.69, 9.17) is 0 Å². The van der Waals surface area contributed by atoms with Gasteiger partial charge in [-0.2, -0.15) is 0 Å². The smallest absolute Gasteiger partial charge is 0.0768 e. The van der Waals surface area contributed by atoms with E-state index >= 15 is 0 Å². The lowest BCUT2D eigenvalue weighted by Crippen LogP contribution is -2.45. The Balaban J connectivity index is 1.64. The van der Waals surface area contributed by atoms with Crippen molar-refractivity contribution in [2.24, 2.45) is 0 Å². The van der Waals surface area contributed by atoms with Crippen LogP contribution in [0.5, 0.6) is 0 Å². The number of rotatable bonds is 2. The lowest BCUT2D eigenvalue weighted by atomic mass is 10.0. The van der Waals surface area contributed by atoms with Gasteiger partial charge in [-0.3, -0.25) is 5.01 Å². The van der Waals surface area contributed by atoms with Crippen LogP contribution in [0.2, 0.25) is 0 Å². The zero-order valence-electron chi connectivity index (χ0n) is 14.1. The van der Waals surface area contributed by atoms with E-state index in [0.29, 0.717) is 12.1 Å². The molecule has 24 heavy (non-hydrogen) atoms. The summed E-state index contributed by atoms with van der Waals surface area (Å²) in [5, 5.41) is 6.54. The van der Waals surface area contributed by atoms with Crippen LogP contribution < -0.4 is 5.01 Å². The number of nitrogens with zero attached hydrogens (tertiary/aromatic N) is 2. The Morgan fingerprint density at radius 1 is 1.04 bits per heavy atom. The standard InChI is InChI=1S/C21H23N3/c1-15-7-6-12-23(15)24-20-11-5-2-8-16(20)13-21(24)18-14-22-19-10-4-3-9-17(18)19/h2-5,8-11,14-15,21-22H,6-7,12-13H2,1H3. The average molecular weight is 317 g/mol. The molecule has 3 heteroatoms. The fraction of sp³-hybridized carbons (Fsp3) is 0.333. The quantitative estimate of drug-likeness (QED) is 0.742. The molecule has 0 radical (unpaired) electrons. The summed E-state index contributed by atoms with van der Waals surface area (Å²) in [5.41, 5.74) is 5.51.